The highest BCUT2D eigenvalue weighted by Crippen LogP contribution is 2.21. The number of nitrogens with one attached hydrogen (secondary N) is 1. The maximum atomic E-state index is 3.61. The Morgan fingerprint density at radius 1 is 1.18 bits per heavy atom. The molecule has 0 fully saturated rings. The van der Waals surface area contributed by atoms with Gasteiger partial charge in [-0.05, 0) is 44.6 Å². The van der Waals surface area contributed by atoms with Gasteiger partial charge in [0, 0.05) is 12.6 Å². The maximum absolute atomic E-state index is 3.61. The van der Waals surface area contributed by atoms with E-state index in [4.69, 9.17) is 0 Å². The van der Waals surface area contributed by atoms with Crippen LogP contribution in [0.5, 0.6) is 0 Å². The highest BCUT2D eigenvalue weighted by Gasteiger charge is 2.08. The van der Waals surface area contributed by atoms with Crippen molar-refractivity contribution in [2.24, 2.45) is 0 Å². The summed E-state index contributed by atoms with van der Waals surface area (Å²) in [6, 6.07) is 11.2. The Kier molecular flexibility index (Phi) is 4.81. The largest absolute Gasteiger partial charge is 0.310 e. The molecule has 1 nitrogen and oxygen atoms in total. The Morgan fingerprint density at radius 3 is 2.71 bits per heavy atom. The molecule has 2 rings (SSSR count). The van der Waals surface area contributed by atoms with Gasteiger partial charge in [-0.25, -0.2) is 0 Å². The van der Waals surface area contributed by atoms with Crippen LogP contribution in [-0.2, 0) is 6.54 Å². The highest BCUT2D eigenvalue weighted by atomic mass is 14.9. The molecule has 1 N–H and O–H groups in total. The van der Waals surface area contributed by atoms with Crippen LogP contribution >= 0.6 is 0 Å². The van der Waals surface area contributed by atoms with Crippen LogP contribution in [0.3, 0.4) is 0 Å². The van der Waals surface area contributed by atoms with Crippen molar-refractivity contribution >= 4 is 0 Å². The third-order valence-electron chi connectivity index (χ3n) is 3.45. The Balaban J connectivity index is 1.74. The van der Waals surface area contributed by atoms with Gasteiger partial charge in [0.25, 0.3) is 0 Å². The van der Waals surface area contributed by atoms with Crippen LogP contribution < -0.4 is 5.32 Å². The van der Waals surface area contributed by atoms with Crippen LogP contribution in [0.4, 0.5) is 0 Å². The summed E-state index contributed by atoms with van der Waals surface area (Å²) >= 11 is 0. The van der Waals surface area contributed by atoms with Crippen molar-refractivity contribution in [2.75, 3.05) is 0 Å². The minimum Gasteiger partial charge on any atom is -0.310 e. The van der Waals surface area contributed by atoms with E-state index in [-0.39, 0.29) is 0 Å². The molecule has 1 aromatic carbocycles. The summed E-state index contributed by atoms with van der Waals surface area (Å²) in [4.78, 5) is 0. The van der Waals surface area contributed by atoms with Gasteiger partial charge in [-0.3, -0.25) is 0 Å². The summed E-state index contributed by atoms with van der Waals surface area (Å²) in [5.74, 6) is 0. The van der Waals surface area contributed by atoms with Crippen molar-refractivity contribution in [3.05, 3.63) is 47.5 Å². The van der Waals surface area contributed by atoms with E-state index in [2.05, 4.69) is 48.6 Å². The molecular formula is C16H23N. The molecule has 1 aliphatic rings. The molecule has 92 valence electrons. The summed E-state index contributed by atoms with van der Waals surface area (Å²) in [5, 5.41) is 3.61. The zero-order valence-electron chi connectivity index (χ0n) is 10.8. The normalized spacial score (nSPS) is 17.6. The first kappa shape index (κ1) is 12.4. The summed E-state index contributed by atoms with van der Waals surface area (Å²) in [6.07, 6.45) is 9.04. The maximum Gasteiger partial charge on any atom is 0.0208 e. The van der Waals surface area contributed by atoms with Crippen molar-refractivity contribution < 1.29 is 0 Å². The van der Waals surface area contributed by atoms with E-state index < -0.39 is 0 Å². The second-order valence-electron chi connectivity index (χ2n) is 5.08. The monoisotopic (exact) mass is 229 g/mol. The van der Waals surface area contributed by atoms with Crippen molar-refractivity contribution in [2.45, 2.75) is 51.6 Å². The molecule has 0 spiro atoms. The molecule has 0 aromatic heterocycles. The first-order chi connectivity index (χ1) is 8.34. The molecule has 0 heterocycles. The van der Waals surface area contributed by atoms with E-state index in [1.54, 1.807) is 5.57 Å². The number of hydrogen-bond donors (Lipinski definition) is 1. The lowest BCUT2D eigenvalue weighted by atomic mass is 9.95. The fraction of sp³-hybridized carbons (Fsp3) is 0.500. The number of allylic oxidation sites excluding steroid dienone is 1. The van der Waals surface area contributed by atoms with Crippen LogP contribution in [0.1, 0.15) is 44.6 Å². The Morgan fingerprint density at radius 2 is 2.00 bits per heavy atom. The second-order valence-corrected chi connectivity index (χ2v) is 5.08. The lowest BCUT2D eigenvalue weighted by molar-refractivity contribution is 0.525. The average Bonchev–Trinajstić information content (AvgIpc) is 2.39. The first-order valence-electron chi connectivity index (χ1n) is 6.80. The van der Waals surface area contributed by atoms with Crippen LogP contribution in [0.15, 0.2) is 42.0 Å². The van der Waals surface area contributed by atoms with Crippen molar-refractivity contribution in [3.63, 3.8) is 0 Å². The Hall–Kier alpha value is -1.08. The van der Waals surface area contributed by atoms with Gasteiger partial charge in [-0.2, -0.15) is 0 Å². The number of hydrogen-bond acceptors (Lipinski definition) is 1. The fourth-order valence-electron chi connectivity index (χ4n) is 2.44. The van der Waals surface area contributed by atoms with Gasteiger partial charge in [-0.1, -0.05) is 42.0 Å². The Bertz CT molecular complexity index is 353. The zero-order chi connectivity index (χ0) is 11.9. The van der Waals surface area contributed by atoms with E-state index in [0.29, 0.717) is 6.04 Å². The van der Waals surface area contributed by atoms with Crippen LogP contribution in [0.25, 0.3) is 0 Å². The molecule has 1 heteroatoms. The standard InChI is InChI=1S/C16H23N/c1-14(12-15-8-4-2-5-9-15)17-13-16-10-6-3-7-11-16/h3,6-8,10-11,14,17H,2,4-5,9,12-13H2,1H3/t14-/m0/s1. The predicted octanol–water partition coefficient (Wildman–Crippen LogP) is 4.06. The highest BCUT2D eigenvalue weighted by molar-refractivity contribution is 5.14. The molecular weight excluding hydrogens is 206 g/mol. The molecule has 17 heavy (non-hydrogen) atoms. The van der Waals surface area contributed by atoms with E-state index >= 15 is 0 Å². The van der Waals surface area contributed by atoms with Gasteiger partial charge < -0.3 is 5.32 Å². The molecule has 1 aromatic rings. The molecule has 0 bridgehead atoms. The SMILES string of the molecule is C[C@@H](CC1=CCCCC1)NCc1ccccc1. The van der Waals surface area contributed by atoms with Crippen LogP contribution in [0, 0.1) is 0 Å². The zero-order valence-corrected chi connectivity index (χ0v) is 10.8. The lowest BCUT2D eigenvalue weighted by Crippen LogP contribution is -2.26. The van der Waals surface area contributed by atoms with Gasteiger partial charge >= 0.3 is 0 Å². The van der Waals surface area contributed by atoms with E-state index in [1.807, 2.05) is 0 Å². The molecule has 0 saturated carbocycles. The van der Waals surface area contributed by atoms with E-state index in [0.717, 1.165) is 6.54 Å². The molecule has 0 unspecified atom stereocenters. The van der Waals surface area contributed by atoms with Gasteiger partial charge in [0.1, 0.15) is 0 Å². The smallest absolute Gasteiger partial charge is 0.0208 e. The van der Waals surface area contributed by atoms with Gasteiger partial charge in [0.05, 0.1) is 0 Å². The predicted molar refractivity (Wildman–Crippen MR) is 73.9 cm³/mol. The third kappa shape index (κ3) is 4.35. The average molecular weight is 229 g/mol. The quantitative estimate of drug-likeness (QED) is 0.751. The molecule has 0 radical (unpaired) electrons. The fourth-order valence-corrected chi connectivity index (χ4v) is 2.44. The van der Waals surface area contributed by atoms with Gasteiger partial charge in [-0.15, -0.1) is 0 Å². The molecule has 0 amide bonds. The number of rotatable bonds is 5. The summed E-state index contributed by atoms with van der Waals surface area (Å²) in [5.41, 5.74) is 3.03. The minimum absolute atomic E-state index is 0.583. The third-order valence-corrected chi connectivity index (χ3v) is 3.45. The molecule has 0 saturated heterocycles. The Labute approximate surface area is 105 Å². The van der Waals surface area contributed by atoms with Crippen LogP contribution in [-0.4, -0.2) is 6.04 Å². The van der Waals surface area contributed by atoms with Crippen molar-refractivity contribution in [1.82, 2.24) is 5.32 Å². The summed E-state index contributed by atoms with van der Waals surface area (Å²) in [6.45, 7) is 3.27. The number of benzene rings is 1. The van der Waals surface area contributed by atoms with E-state index in [1.165, 1.54) is 37.7 Å². The topological polar surface area (TPSA) is 12.0 Å². The van der Waals surface area contributed by atoms with Crippen LogP contribution in [0.2, 0.25) is 0 Å². The molecule has 1 aliphatic carbocycles. The van der Waals surface area contributed by atoms with Crippen molar-refractivity contribution in [1.29, 1.82) is 0 Å². The lowest BCUT2D eigenvalue weighted by Gasteiger charge is -2.18. The minimum atomic E-state index is 0.583. The van der Waals surface area contributed by atoms with E-state index in [9.17, 15) is 0 Å². The van der Waals surface area contributed by atoms with Gasteiger partial charge in [0.2, 0.25) is 0 Å². The first-order valence-corrected chi connectivity index (χ1v) is 6.80. The molecule has 0 aliphatic heterocycles. The second kappa shape index (κ2) is 6.61. The van der Waals surface area contributed by atoms with Crippen molar-refractivity contribution in [3.8, 4) is 0 Å². The molecule has 1 atom stereocenters. The summed E-state index contributed by atoms with van der Waals surface area (Å²) < 4.78 is 0. The summed E-state index contributed by atoms with van der Waals surface area (Å²) in [7, 11) is 0. The van der Waals surface area contributed by atoms with Gasteiger partial charge in [0.15, 0.2) is 0 Å².